The monoisotopic (exact) mass is 294 g/mol. The Bertz CT molecular complexity index is 453. The molecular weight excluding hydrogens is 272 g/mol. The number of carbonyl (C=O) groups excluding carboxylic acids is 3. The Morgan fingerprint density at radius 3 is 2.48 bits per heavy atom. The Hall–Kier alpha value is -1.43. The number of hydrogen-bond donors (Lipinski definition) is 1. The summed E-state index contributed by atoms with van der Waals surface area (Å²) in [6, 6.07) is -0.917. The van der Waals surface area contributed by atoms with Gasteiger partial charge in [-0.25, -0.2) is 4.79 Å². The van der Waals surface area contributed by atoms with Crippen molar-refractivity contribution in [3.63, 3.8) is 0 Å². The minimum Gasteiger partial charge on any atom is -0.376 e. The summed E-state index contributed by atoms with van der Waals surface area (Å²) in [7, 11) is 0. The fourth-order valence-electron chi connectivity index (χ4n) is 3.85. The van der Waals surface area contributed by atoms with Crippen LogP contribution < -0.4 is 5.32 Å². The number of ether oxygens (including phenoxy) is 1. The Balaban J connectivity index is 1.80. The summed E-state index contributed by atoms with van der Waals surface area (Å²) >= 11 is 0. The maximum atomic E-state index is 12.7. The van der Waals surface area contributed by atoms with E-state index >= 15 is 0 Å². The average Bonchev–Trinajstić information content (AvgIpc) is 3.11. The van der Waals surface area contributed by atoms with E-state index in [2.05, 4.69) is 5.32 Å². The van der Waals surface area contributed by atoms with Crippen molar-refractivity contribution < 1.29 is 19.1 Å². The van der Waals surface area contributed by atoms with Crippen LogP contribution in [0.3, 0.4) is 0 Å². The molecule has 116 valence electrons. The molecule has 0 bridgehead atoms. The van der Waals surface area contributed by atoms with E-state index in [0.29, 0.717) is 6.61 Å². The Labute approximate surface area is 124 Å². The van der Waals surface area contributed by atoms with Gasteiger partial charge >= 0.3 is 6.03 Å². The van der Waals surface area contributed by atoms with Crippen molar-refractivity contribution in [3.8, 4) is 0 Å². The first kappa shape index (κ1) is 14.5. The van der Waals surface area contributed by atoms with E-state index in [9.17, 15) is 14.4 Å². The van der Waals surface area contributed by atoms with E-state index in [-0.39, 0.29) is 24.0 Å². The number of hydrogen-bond acceptors (Lipinski definition) is 4. The van der Waals surface area contributed by atoms with Gasteiger partial charge in [-0.15, -0.1) is 0 Å². The van der Waals surface area contributed by atoms with Gasteiger partial charge in [0.1, 0.15) is 5.92 Å². The normalized spacial score (nSPS) is 32.6. The van der Waals surface area contributed by atoms with Crippen LogP contribution >= 0.6 is 0 Å². The minimum absolute atomic E-state index is 0.0739. The lowest BCUT2D eigenvalue weighted by molar-refractivity contribution is -0.148. The zero-order chi connectivity index (χ0) is 15.0. The van der Waals surface area contributed by atoms with Gasteiger partial charge < -0.3 is 4.74 Å². The molecule has 21 heavy (non-hydrogen) atoms. The van der Waals surface area contributed by atoms with E-state index in [0.717, 1.165) is 38.5 Å². The van der Waals surface area contributed by atoms with Crippen LogP contribution in [0.25, 0.3) is 0 Å². The number of amides is 4. The molecule has 1 N–H and O–H groups in total. The van der Waals surface area contributed by atoms with Crippen molar-refractivity contribution in [2.24, 2.45) is 11.8 Å². The van der Waals surface area contributed by atoms with Crippen molar-refractivity contribution in [2.45, 2.75) is 57.6 Å². The molecule has 3 aliphatic rings. The highest BCUT2D eigenvalue weighted by Gasteiger charge is 2.48. The number of rotatable bonds is 3. The second kappa shape index (κ2) is 5.75. The molecule has 3 atom stereocenters. The van der Waals surface area contributed by atoms with Crippen molar-refractivity contribution in [1.29, 1.82) is 0 Å². The zero-order valence-electron chi connectivity index (χ0n) is 12.3. The molecule has 0 aromatic heterocycles. The van der Waals surface area contributed by atoms with Crippen molar-refractivity contribution in [3.05, 3.63) is 0 Å². The standard InChI is InChI=1S/C15H22N2O4/c1-9(11-7-4-8-21-11)17-14(19)12(10-5-2-3-6-10)13(18)16-15(17)20/h9-12H,2-8H2,1H3,(H,16,18,20). The molecule has 0 aromatic carbocycles. The van der Waals surface area contributed by atoms with Crippen LogP contribution in [0, 0.1) is 11.8 Å². The van der Waals surface area contributed by atoms with E-state index < -0.39 is 17.9 Å². The van der Waals surface area contributed by atoms with Gasteiger partial charge in [-0.3, -0.25) is 19.8 Å². The number of imide groups is 2. The molecule has 0 spiro atoms. The predicted octanol–water partition coefficient (Wildman–Crippen LogP) is 1.44. The van der Waals surface area contributed by atoms with E-state index in [1.807, 2.05) is 6.92 Å². The fraction of sp³-hybridized carbons (Fsp3) is 0.800. The lowest BCUT2D eigenvalue weighted by atomic mass is 9.87. The topological polar surface area (TPSA) is 75.7 Å². The Morgan fingerprint density at radius 2 is 1.86 bits per heavy atom. The zero-order valence-corrected chi connectivity index (χ0v) is 12.3. The van der Waals surface area contributed by atoms with Gasteiger partial charge in [0.25, 0.3) is 0 Å². The molecule has 3 unspecified atom stereocenters. The largest absolute Gasteiger partial charge is 0.376 e. The van der Waals surface area contributed by atoms with E-state index in [4.69, 9.17) is 4.74 Å². The number of carbonyl (C=O) groups is 3. The highest BCUT2D eigenvalue weighted by Crippen LogP contribution is 2.35. The van der Waals surface area contributed by atoms with Gasteiger partial charge in [0.2, 0.25) is 11.8 Å². The highest BCUT2D eigenvalue weighted by atomic mass is 16.5. The minimum atomic E-state index is -0.700. The van der Waals surface area contributed by atoms with E-state index in [1.54, 1.807) is 0 Å². The summed E-state index contributed by atoms with van der Waals surface area (Å²) in [5.74, 6) is -1.38. The summed E-state index contributed by atoms with van der Waals surface area (Å²) in [5, 5.41) is 2.36. The van der Waals surface area contributed by atoms with Crippen LogP contribution in [-0.4, -0.2) is 41.5 Å². The summed E-state index contributed by atoms with van der Waals surface area (Å²) in [4.78, 5) is 38.1. The predicted molar refractivity (Wildman–Crippen MR) is 74.3 cm³/mol. The molecule has 1 saturated carbocycles. The smallest absolute Gasteiger partial charge is 0.331 e. The summed E-state index contributed by atoms with van der Waals surface area (Å²) in [6.45, 7) is 2.50. The molecule has 6 heteroatoms. The third-order valence-electron chi connectivity index (χ3n) is 5.02. The average molecular weight is 294 g/mol. The van der Waals surface area contributed by atoms with Crippen LogP contribution in [0.4, 0.5) is 4.79 Å². The third-order valence-corrected chi connectivity index (χ3v) is 5.02. The molecule has 2 saturated heterocycles. The lowest BCUT2D eigenvalue weighted by Crippen LogP contribution is -2.63. The first-order valence-electron chi connectivity index (χ1n) is 7.89. The van der Waals surface area contributed by atoms with Gasteiger partial charge in [0.15, 0.2) is 0 Å². The maximum Gasteiger partial charge on any atom is 0.331 e. The van der Waals surface area contributed by atoms with E-state index in [1.165, 1.54) is 4.90 Å². The number of urea groups is 1. The molecule has 1 aliphatic carbocycles. The number of barbiturate groups is 1. The van der Waals surface area contributed by atoms with Crippen molar-refractivity contribution in [1.82, 2.24) is 10.2 Å². The second-order valence-electron chi connectivity index (χ2n) is 6.32. The molecular formula is C15H22N2O4. The summed E-state index contributed by atoms with van der Waals surface area (Å²) in [6.07, 6.45) is 5.56. The van der Waals surface area contributed by atoms with Crippen LogP contribution in [-0.2, 0) is 14.3 Å². The van der Waals surface area contributed by atoms with Crippen molar-refractivity contribution >= 4 is 17.8 Å². The Kier molecular flexibility index (Phi) is 3.97. The van der Waals surface area contributed by atoms with Gasteiger partial charge in [-0.05, 0) is 38.5 Å². The highest BCUT2D eigenvalue weighted by molar-refractivity contribution is 6.16. The molecule has 3 rings (SSSR count). The number of nitrogens with one attached hydrogen (secondary N) is 1. The SMILES string of the molecule is CC(C1CCCO1)N1C(=O)NC(=O)C(C2CCCC2)C1=O. The molecule has 4 amide bonds. The second-order valence-corrected chi connectivity index (χ2v) is 6.32. The van der Waals surface area contributed by atoms with Gasteiger partial charge in [0.05, 0.1) is 12.1 Å². The molecule has 0 aromatic rings. The van der Waals surface area contributed by atoms with Gasteiger partial charge in [0, 0.05) is 6.61 Å². The van der Waals surface area contributed by atoms with Crippen LogP contribution in [0.5, 0.6) is 0 Å². The molecule has 3 fully saturated rings. The van der Waals surface area contributed by atoms with Crippen molar-refractivity contribution in [2.75, 3.05) is 6.61 Å². The van der Waals surface area contributed by atoms with Crippen LogP contribution in [0.15, 0.2) is 0 Å². The maximum absolute atomic E-state index is 12.7. The summed E-state index contributed by atoms with van der Waals surface area (Å²) < 4.78 is 5.59. The van der Waals surface area contributed by atoms with Crippen LogP contribution in [0.2, 0.25) is 0 Å². The fourth-order valence-corrected chi connectivity index (χ4v) is 3.85. The summed E-state index contributed by atoms with van der Waals surface area (Å²) in [5.41, 5.74) is 0. The third kappa shape index (κ3) is 2.57. The van der Waals surface area contributed by atoms with Gasteiger partial charge in [-0.2, -0.15) is 0 Å². The quantitative estimate of drug-likeness (QED) is 0.799. The lowest BCUT2D eigenvalue weighted by Gasteiger charge is -2.37. The van der Waals surface area contributed by atoms with Crippen LogP contribution in [0.1, 0.15) is 45.4 Å². The molecule has 2 aliphatic heterocycles. The Morgan fingerprint density at radius 1 is 1.14 bits per heavy atom. The van der Waals surface area contributed by atoms with Gasteiger partial charge in [-0.1, -0.05) is 12.8 Å². The first-order chi connectivity index (χ1) is 10.1. The first-order valence-corrected chi connectivity index (χ1v) is 7.89. The molecule has 2 heterocycles. The molecule has 6 nitrogen and oxygen atoms in total. The number of nitrogens with zero attached hydrogens (tertiary/aromatic N) is 1. The molecule has 0 radical (unpaired) electrons.